The van der Waals surface area contributed by atoms with E-state index in [0.29, 0.717) is 29.3 Å². The molecule has 8 heteroatoms. The largest absolute Gasteiger partial charge is 0.477 e. The maximum Gasteiger partial charge on any atom is 0.354 e. The van der Waals surface area contributed by atoms with E-state index in [2.05, 4.69) is 16.8 Å². The zero-order valence-corrected chi connectivity index (χ0v) is 18.0. The van der Waals surface area contributed by atoms with Crippen LogP contribution in [-0.2, 0) is 10.9 Å². The van der Waals surface area contributed by atoms with Crippen molar-refractivity contribution >= 4 is 22.5 Å². The first-order chi connectivity index (χ1) is 15.0. The van der Waals surface area contributed by atoms with Gasteiger partial charge in [0.25, 0.3) is 0 Å². The molecule has 0 unspecified atom stereocenters. The molecule has 7 nitrogen and oxygen atoms in total. The lowest BCUT2D eigenvalue weighted by Gasteiger charge is -2.47. The summed E-state index contributed by atoms with van der Waals surface area (Å²) in [4.78, 5) is 14.8. The Kier molecular flexibility index (Phi) is 6.54. The first-order valence-electron chi connectivity index (χ1n) is 10.6. The maximum atomic E-state index is 12.4. The first kappa shape index (κ1) is 21.3. The van der Waals surface area contributed by atoms with Gasteiger partial charge >= 0.3 is 5.97 Å². The van der Waals surface area contributed by atoms with Gasteiger partial charge in [-0.3, -0.25) is 0 Å². The van der Waals surface area contributed by atoms with Crippen LogP contribution in [0.3, 0.4) is 0 Å². The van der Waals surface area contributed by atoms with Crippen LogP contribution in [0.1, 0.15) is 60.1 Å². The van der Waals surface area contributed by atoms with E-state index in [1.54, 1.807) is 18.2 Å². The van der Waals surface area contributed by atoms with Crippen LogP contribution in [0.4, 0.5) is 5.69 Å². The summed E-state index contributed by atoms with van der Waals surface area (Å²) in [6.07, 6.45) is 8.06. The molecule has 1 aliphatic carbocycles. The second-order valence-electron chi connectivity index (χ2n) is 7.95. The van der Waals surface area contributed by atoms with Gasteiger partial charge in [0.1, 0.15) is 5.69 Å². The number of anilines is 1. The zero-order valence-electron chi connectivity index (χ0n) is 17.1. The Morgan fingerprint density at radius 1 is 1.06 bits per heavy atom. The molecule has 1 aromatic carbocycles. The molecule has 1 N–H and O–H groups in total. The minimum absolute atomic E-state index is 0.0485. The number of pyridine rings is 1. The second kappa shape index (κ2) is 9.50. The Morgan fingerprint density at radius 3 is 2.58 bits per heavy atom. The van der Waals surface area contributed by atoms with Crippen LogP contribution >= 0.6 is 0 Å². The molecule has 2 fully saturated rings. The Labute approximate surface area is 183 Å². The number of carbonyl (C=O) groups is 1. The SMILES string of the molecule is O=C(O)c1ccc(C#Cc2ccccc2N(N2CCC[C@H]3CCCC[C@H]32)[SH](=O)=O)cn1. The van der Waals surface area contributed by atoms with Crippen molar-refractivity contribution in [2.45, 2.75) is 44.6 Å². The fourth-order valence-corrected chi connectivity index (χ4v) is 5.40. The van der Waals surface area contributed by atoms with Crippen molar-refractivity contribution in [1.29, 1.82) is 0 Å². The number of carboxylic acid groups (broad SMARTS) is 1. The number of benzene rings is 1. The second-order valence-corrected chi connectivity index (χ2v) is 8.80. The van der Waals surface area contributed by atoms with E-state index >= 15 is 0 Å². The topological polar surface area (TPSA) is 90.8 Å². The smallest absolute Gasteiger partial charge is 0.354 e. The highest BCUT2D eigenvalue weighted by atomic mass is 32.2. The Hall–Kier alpha value is -2.89. The summed E-state index contributed by atoms with van der Waals surface area (Å²) < 4.78 is 26.2. The molecule has 1 aliphatic heterocycles. The predicted octanol–water partition coefficient (Wildman–Crippen LogP) is 3.08. The van der Waals surface area contributed by atoms with Gasteiger partial charge in [0, 0.05) is 24.3 Å². The normalized spacial score (nSPS) is 21.1. The molecule has 0 amide bonds. The molecular weight excluding hydrogens is 414 g/mol. The highest BCUT2D eigenvalue weighted by Crippen LogP contribution is 2.37. The average molecular weight is 440 g/mol. The van der Waals surface area contributed by atoms with Crippen LogP contribution in [0, 0.1) is 17.8 Å². The van der Waals surface area contributed by atoms with Crippen LogP contribution in [0.25, 0.3) is 0 Å². The number of para-hydroxylation sites is 1. The van der Waals surface area contributed by atoms with E-state index in [0.717, 1.165) is 32.1 Å². The maximum absolute atomic E-state index is 12.4. The fraction of sp³-hybridized carbons (Fsp3) is 0.391. The number of fused-ring (bicyclic) bond motifs is 1. The van der Waals surface area contributed by atoms with Crippen LogP contribution in [0.5, 0.6) is 0 Å². The number of aromatic nitrogens is 1. The number of hydrogen-bond donors (Lipinski definition) is 2. The Morgan fingerprint density at radius 2 is 1.84 bits per heavy atom. The van der Waals surface area contributed by atoms with Crippen molar-refractivity contribution in [2.75, 3.05) is 11.0 Å². The van der Waals surface area contributed by atoms with Crippen LogP contribution < -0.4 is 4.41 Å². The van der Waals surface area contributed by atoms with E-state index in [1.807, 2.05) is 17.1 Å². The molecule has 1 saturated carbocycles. The fourth-order valence-electron chi connectivity index (χ4n) is 4.64. The van der Waals surface area contributed by atoms with E-state index in [1.165, 1.54) is 23.1 Å². The lowest BCUT2D eigenvalue weighted by molar-refractivity contribution is 0.0671. The van der Waals surface area contributed by atoms with E-state index in [-0.39, 0.29) is 11.7 Å². The molecule has 1 aromatic heterocycles. The highest BCUT2D eigenvalue weighted by Gasteiger charge is 2.37. The molecule has 2 aromatic rings. The first-order valence-corrected chi connectivity index (χ1v) is 11.7. The summed E-state index contributed by atoms with van der Waals surface area (Å²) in [7, 11) is -2.87. The van der Waals surface area contributed by atoms with Crippen LogP contribution in [0.2, 0.25) is 0 Å². The van der Waals surface area contributed by atoms with Gasteiger partial charge in [-0.25, -0.2) is 27.6 Å². The van der Waals surface area contributed by atoms with Gasteiger partial charge in [0.15, 0.2) is 0 Å². The third-order valence-electron chi connectivity index (χ3n) is 6.06. The third-order valence-corrected chi connectivity index (χ3v) is 6.81. The van der Waals surface area contributed by atoms with Gasteiger partial charge in [0.05, 0.1) is 11.3 Å². The summed E-state index contributed by atoms with van der Waals surface area (Å²) in [5, 5.41) is 11.0. The summed E-state index contributed by atoms with van der Waals surface area (Å²) >= 11 is 0. The molecule has 162 valence electrons. The van der Waals surface area contributed by atoms with Crippen molar-refractivity contribution in [3.05, 3.63) is 59.4 Å². The lowest BCUT2D eigenvalue weighted by atomic mass is 9.79. The molecule has 2 aliphatic rings. The molecule has 0 radical (unpaired) electrons. The quantitative estimate of drug-likeness (QED) is 0.562. The summed E-state index contributed by atoms with van der Waals surface area (Å²) in [5.41, 5.74) is 1.66. The molecule has 1 saturated heterocycles. The molecule has 0 bridgehead atoms. The zero-order chi connectivity index (χ0) is 21.8. The predicted molar refractivity (Wildman–Crippen MR) is 118 cm³/mol. The van der Waals surface area contributed by atoms with Crippen LogP contribution in [0.15, 0.2) is 42.6 Å². The third kappa shape index (κ3) is 4.73. The van der Waals surface area contributed by atoms with E-state index in [4.69, 9.17) is 5.11 Å². The molecular formula is C23H25N3O4S. The standard InChI is InChI=1S/C23H25N3O4S/c27-23(28)20-14-12-17(16-24-20)11-13-19-7-2-4-10-22(19)26(31(29)30)25-15-5-8-18-6-1-3-9-21(18)25/h2,4,7,10,12,14,16,18,21,31H,1,3,5-6,8-9,15H2,(H,27,28)/t18-,21-/m1/s1. The number of carboxylic acids is 1. The number of aromatic carboxylic acids is 1. The van der Waals surface area contributed by atoms with Gasteiger partial charge in [-0.1, -0.05) is 36.8 Å². The molecule has 2 atom stereocenters. The minimum Gasteiger partial charge on any atom is -0.477 e. The number of thiol groups is 1. The van der Waals surface area contributed by atoms with Gasteiger partial charge in [-0.2, -0.15) is 0 Å². The van der Waals surface area contributed by atoms with Crippen molar-refractivity contribution in [3.8, 4) is 11.8 Å². The highest BCUT2D eigenvalue weighted by molar-refractivity contribution is 7.73. The van der Waals surface area contributed by atoms with E-state index < -0.39 is 16.9 Å². The monoisotopic (exact) mass is 439 g/mol. The number of piperidine rings is 1. The summed E-state index contributed by atoms with van der Waals surface area (Å²) in [6.45, 7) is 0.715. The van der Waals surface area contributed by atoms with Crippen molar-refractivity contribution in [3.63, 3.8) is 0 Å². The number of rotatable bonds is 4. The molecule has 31 heavy (non-hydrogen) atoms. The van der Waals surface area contributed by atoms with Crippen molar-refractivity contribution in [2.24, 2.45) is 5.92 Å². The van der Waals surface area contributed by atoms with Gasteiger partial charge in [-0.05, 0) is 55.9 Å². The molecule has 4 rings (SSSR count). The summed E-state index contributed by atoms with van der Waals surface area (Å²) in [5.74, 6) is 5.47. The number of hydrogen-bond acceptors (Lipinski definition) is 5. The van der Waals surface area contributed by atoms with Gasteiger partial charge in [-0.15, -0.1) is 0 Å². The van der Waals surface area contributed by atoms with Crippen molar-refractivity contribution < 1.29 is 18.3 Å². The minimum atomic E-state index is -2.87. The Balaban J connectivity index is 1.67. The molecule has 0 spiro atoms. The number of hydrazine groups is 1. The lowest BCUT2D eigenvalue weighted by Crippen LogP contribution is -2.55. The summed E-state index contributed by atoms with van der Waals surface area (Å²) in [6, 6.07) is 10.5. The number of nitrogens with zero attached hydrogens (tertiary/aromatic N) is 3. The van der Waals surface area contributed by atoms with E-state index in [9.17, 15) is 13.2 Å². The average Bonchev–Trinajstić information content (AvgIpc) is 2.79. The molecule has 2 heterocycles. The van der Waals surface area contributed by atoms with Gasteiger partial charge < -0.3 is 5.11 Å². The van der Waals surface area contributed by atoms with Crippen molar-refractivity contribution in [1.82, 2.24) is 9.99 Å². The van der Waals surface area contributed by atoms with Crippen LogP contribution in [-0.4, -0.2) is 42.1 Å². The Bertz CT molecular complexity index is 1080. The van der Waals surface area contributed by atoms with Gasteiger partial charge in [0.2, 0.25) is 10.9 Å².